The predicted molar refractivity (Wildman–Crippen MR) is 460 cm³/mol. The van der Waals surface area contributed by atoms with E-state index < -0.39 is 0 Å². The molecule has 0 spiro atoms. The molecule has 1 aliphatic rings. The molecule has 2 atom stereocenters. The zero-order chi connectivity index (χ0) is 75.1. The molecule has 104 heavy (non-hydrogen) atoms. The maximum atomic E-state index is 13.2. The minimum absolute atomic E-state index is 0.0757. The van der Waals surface area contributed by atoms with Crippen molar-refractivity contribution >= 4 is 11.4 Å². The van der Waals surface area contributed by atoms with Crippen LogP contribution >= 0.6 is 0 Å². The third kappa shape index (κ3) is 50.4. The first-order valence-electron chi connectivity index (χ1n) is 46.7. The first-order valence-corrected chi connectivity index (χ1v) is 47.9. The van der Waals surface area contributed by atoms with Crippen molar-refractivity contribution in [3.8, 4) is 0 Å². The van der Waals surface area contributed by atoms with E-state index in [1.54, 1.807) is 15.8 Å². The van der Waals surface area contributed by atoms with Crippen molar-refractivity contribution in [1.82, 2.24) is 0 Å². The fourth-order valence-corrected chi connectivity index (χ4v) is 16.7. The average Bonchev–Trinajstić information content (AvgIpc) is 1.60. The molecule has 5 heteroatoms. The van der Waals surface area contributed by atoms with Crippen LogP contribution in [0.5, 0.6) is 0 Å². The Morgan fingerprint density at radius 3 is 0.856 bits per heavy atom. The van der Waals surface area contributed by atoms with Crippen molar-refractivity contribution in [1.29, 1.82) is 0 Å². The van der Waals surface area contributed by atoms with E-state index in [1.807, 2.05) is 0 Å². The van der Waals surface area contributed by atoms with Gasteiger partial charge in [0.1, 0.15) is 0 Å². The second kappa shape index (κ2) is 73.4. The van der Waals surface area contributed by atoms with Gasteiger partial charge in [-0.25, -0.2) is 4.70 Å². The molecule has 0 saturated heterocycles. The second-order valence-corrected chi connectivity index (χ2v) is 33.5. The van der Waals surface area contributed by atoms with Gasteiger partial charge in [-0.1, -0.05) is 404 Å². The van der Waals surface area contributed by atoms with Crippen LogP contribution in [0.25, 0.3) is 16.9 Å². The first kappa shape index (κ1) is 97.7. The van der Waals surface area contributed by atoms with Crippen molar-refractivity contribution in [3.05, 3.63) is 111 Å². The standard InChI is InChI=1S/C91H158N2.2C4H9O.Pd/c1-9-17-21-24-27-30-33-35-37-39-41-43-45-48-50-53-56-59-66-80(13-5)78-82(15-7)74-76-84-68-62-64-71-86(84)90-88(70-20-12-4)89(73-61-58-55-52-47-32-29-26-23-19-11-3)91(93(90)92)87-72-65-63-69-85(87)77-75-83(16-8)79-81(14-6)67-60-57-54-51-49-46-44-42-40-38-36-34-31-28-25-22-18-10-2;2*1-2-3-4-5;/h62-65,68-69,71-72,78-79,82-83H,9-61,66-67,70,73-77H2,1-8H3;2*2-4H2,1H3;/q;2*-1;+2. The summed E-state index contributed by atoms with van der Waals surface area (Å²) in [5, 5.41) is 0. The number of benzene rings is 2. The van der Waals surface area contributed by atoms with Crippen molar-refractivity contribution in [2.45, 2.75) is 487 Å². The second-order valence-electron chi connectivity index (χ2n) is 32.3. The van der Waals surface area contributed by atoms with Crippen LogP contribution in [0.4, 0.5) is 0 Å². The number of rotatable bonds is 75. The van der Waals surface area contributed by atoms with Crippen molar-refractivity contribution < 1.29 is 30.3 Å². The van der Waals surface area contributed by atoms with Crippen LogP contribution < -0.4 is 0 Å². The number of hydrogen-bond donors (Lipinski definition) is 0. The summed E-state index contributed by atoms with van der Waals surface area (Å²) >= 11 is 0.0757. The van der Waals surface area contributed by atoms with E-state index in [1.165, 1.54) is 387 Å². The molecule has 604 valence electrons. The van der Waals surface area contributed by atoms with Crippen LogP contribution in [0.1, 0.15) is 496 Å². The molecule has 3 rings (SSSR count). The molecule has 1 heterocycles. The van der Waals surface area contributed by atoms with E-state index in [9.17, 15) is 5.53 Å². The molecule has 2 unspecified atom stereocenters. The number of aryl methyl sites for hydroxylation is 2. The molecule has 4 nitrogen and oxygen atoms in total. The molecule has 0 aliphatic carbocycles. The van der Waals surface area contributed by atoms with E-state index >= 15 is 0 Å². The van der Waals surface area contributed by atoms with E-state index in [2.05, 4.69) is 130 Å². The van der Waals surface area contributed by atoms with Crippen LogP contribution in [0.3, 0.4) is 0 Å². The number of hydrogen-bond acceptors (Lipinski definition) is 2. The topological polar surface area (TPSA) is 43.8 Å². The van der Waals surface area contributed by atoms with Crippen LogP contribution in [0.15, 0.2) is 83.0 Å². The van der Waals surface area contributed by atoms with Gasteiger partial charge in [0.25, 0.3) is 0 Å². The van der Waals surface area contributed by atoms with Gasteiger partial charge in [0.05, 0.1) is 0 Å². The molecule has 0 amide bonds. The Bertz CT molecular complexity index is 2370. The van der Waals surface area contributed by atoms with Crippen LogP contribution in [-0.2, 0) is 38.5 Å². The molecular formula is C99H176N2O2Pd. The third-order valence-electron chi connectivity index (χ3n) is 23.1. The molecule has 0 saturated carbocycles. The molecule has 0 radical (unpaired) electrons. The minimum atomic E-state index is 0.0757. The average molecular weight is 1530 g/mol. The first-order chi connectivity index (χ1) is 51.3. The van der Waals surface area contributed by atoms with Crippen LogP contribution in [0.2, 0.25) is 0 Å². The van der Waals surface area contributed by atoms with Gasteiger partial charge in [-0.15, -0.1) is 0 Å². The van der Waals surface area contributed by atoms with Gasteiger partial charge in [0, 0.05) is 22.3 Å². The number of nitrogens with zero attached hydrogens (tertiary/aromatic N) is 2. The summed E-state index contributed by atoms with van der Waals surface area (Å²) in [4.78, 5) is 0. The Balaban J connectivity index is 0.00000306. The van der Waals surface area contributed by atoms with Gasteiger partial charge in [0.15, 0.2) is 0 Å². The zero-order valence-corrected chi connectivity index (χ0v) is 72.9. The Morgan fingerprint density at radius 2 is 0.577 bits per heavy atom. The Labute approximate surface area is 659 Å². The molecule has 2 aromatic carbocycles. The molecule has 0 N–H and O–H groups in total. The summed E-state index contributed by atoms with van der Waals surface area (Å²) in [7, 11) is 0. The molecule has 1 aliphatic heterocycles. The third-order valence-corrected chi connectivity index (χ3v) is 24.1. The summed E-state index contributed by atoms with van der Waals surface area (Å²) in [6.45, 7) is 24.9. The fourth-order valence-electron chi connectivity index (χ4n) is 15.9. The van der Waals surface area contributed by atoms with Gasteiger partial charge in [-0.3, -0.25) is 0 Å². The molecule has 2 aromatic rings. The van der Waals surface area contributed by atoms with Gasteiger partial charge < -0.3 is 5.53 Å². The number of unbranched alkanes of at least 4 members (excludes halogenated alkanes) is 47. The van der Waals surface area contributed by atoms with Crippen molar-refractivity contribution in [2.75, 3.05) is 13.2 Å². The predicted octanol–water partition coefficient (Wildman–Crippen LogP) is 34.7. The molecular weight excluding hydrogens is 1360 g/mol. The fraction of sp³-hybridized carbons (Fsp3) is 0.798. The van der Waals surface area contributed by atoms with Gasteiger partial charge in [0.2, 0.25) is 11.4 Å². The van der Waals surface area contributed by atoms with Gasteiger partial charge in [-0.05, 0) is 138 Å². The van der Waals surface area contributed by atoms with E-state index in [4.69, 9.17) is 6.92 Å². The van der Waals surface area contributed by atoms with Crippen LogP contribution in [0, 0.1) is 11.8 Å². The Morgan fingerprint density at radius 1 is 0.317 bits per heavy atom. The monoisotopic (exact) mass is 1530 g/mol. The Hall–Kier alpha value is -2.42. The summed E-state index contributed by atoms with van der Waals surface area (Å²) in [6, 6.07) is 18.5. The van der Waals surface area contributed by atoms with Crippen molar-refractivity contribution in [2.24, 2.45) is 11.8 Å². The number of allylic oxidation sites excluding steroid dienone is 6. The molecule has 0 fully saturated rings. The normalized spacial score (nSPS) is 13.5. The van der Waals surface area contributed by atoms with E-state index in [-0.39, 0.29) is 18.7 Å². The summed E-state index contributed by atoms with van der Waals surface area (Å²) in [6.07, 6.45) is 92.4. The zero-order valence-electron chi connectivity index (χ0n) is 71.3. The van der Waals surface area contributed by atoms with E-state index in [0.29, 0.717) is 11.8 Å². The maximum absolute atomic E-state index is 13.2. The summed E-state index contributed by atoms with van der Waals surface area (Å²) < 4.78 is 12.2. The summed E-state index contributed by atoms with van der Waals surface area (Å²) in [5.41, 5.74) is 26.8. The van der Waals surface area contributed by atoms with Crippen molar-refractivity contribution in [3.63, 3.8) is 0 Å². The SMILES string of the molecule is CCCCCCCCCCCCCCCCCCCCC(=CC(CC)CCc1ccccc1C1=C(CCCC)C(CCCCCCCCCCCCC)=C(c2ccccc2CCC(C=C(CC)CCCCCCCCCCCCCCCCCCCC)CC)[N+]1=[N-])CC.CCCC[O][Pd][O]CCCC. The Kier molecular flexibility index (Phi) is 68.9. The molecule has 0 aromatic heterocycles. The van der Waals surface area contributed by atoms with Gasteiger partial charge in [-0.2, -0.15) is 0 Å². The quantitative estimate of drug-likeness (QED) is 0.0287. The summed E-state index contributed by atoms with van der Waals surface area (Å²) in [5.74, 6) is 1.15. The van der Waals surface area contributed by atoms with Gasteiger partial charge >= 0.3 is 78.4 Å². The van der Waals surface area contributed by atoms with E-state index in [0.717, 1.165) is 88.8 Å². The molecule has 0 bridgehead atoms. The van der Waals surface area contributed by atoms with Crippen LogP contribution in [-0.4, -0.2) is 17.9 Å².